The Balaban J connectivity index is 1.55. The van der Waals surface area contributed by atoms with E-state index in [0.29, 0.717) is 30.2 Å². The monoisotopic (exact) mass is 428 g/mol. The quantitative estimate of drug-likeness (QED) is 0.422. The number of nitrogens with two attached hydrogens (primary N) is 1. The maximum absolute atomic E-state index is 13.1. The molecule has 0 fully saturated rings. The van der Waals surface area contributed by atoms with Gasteiger partial charge in [-0.15, -0.1) is 0 Å². The lowest BCUT2D eigenvalue weighted by Crippen LogP contribution is -2.29. The normalized spacial score (nSPS) is 12.0. The molecule has 0 radical (unpaired) electrons. The molecule has 1 amide bonds. The van der Waals surface area contributed by atoms with Crippen LogP contribution in [0.1, 0.15) is 35.1 Å². The van der Waals surface area contributed by atoms with Crippen molar-refractivity contribution in [2.24, 2.45) is 5.73 Å². The lowest BCUT2D eigenvalue weighted by Gasteiger charge is -2.16. The zero-order valence-corrected chi connectivity index (χ0v) is 18.4. The van der Waals surface area contributed by atoms with Crippen LogP contribution in [-0.2, 0) is 0 Å². The van der Waals surface area contributed by atoms with Gasteiger partial charge in [-0.1, -0.05) is 42.5 Å². The molecule has 6 heteroatoms. The van der Waals surface area contributed by atoms with E-state index in [9.17, 15) is 4.79 Å². The SMILES string of the molecule is CN(C)c1ccc2cc(C(=O)NC(CCCN)c3ncc(-c4ccccc4)o3)ccc2c1. The first-order chi connectivity index (χ1) is 15.5. The van der Waals surface area contributed by atoms with Crippen molar-refractivity contribution in [2.75, 3.05) is 25.5 Å². The zero-order chi connectivity index (χ0) is 22.5. The maximum atomic E-state index is 13.1. The van der Waals surface area contributed by atoms with E-state index in [-0.39, 0.29) is 11.9 Å². The fourth-order valence-electron chi connectivity index (χ4n) is 3.66. The van der Waals surface area contributed by atoms with Crippen LogP contribution < -0.4 is 16.0 Å². The molecule has 32 heavy (non-hydrogen) atoms. The molecule has 3 aromatic carbocycles. The van der Waals surface area contributed by atoms with Gasteiger partial charge in [-0.05, 0) is 54.4 Å². The van der Waals surface area contributed by atoms with Crippen LogP contribution in [0.2, 0.25) is 0 Å². The minimum atomic E-state index is -0.352. The molecule has 1 aromatic heterocycles. The highest BCUT2D eigenvalue weighted by Gasteiger charge is 2.21. The third-order valence-electron chi connectivity index (χ3n) is 5.48. The number of nitrogens with one attached hydrogen (secondary N) is 1. The second-order valence-corrected chi connectivity index (χ2v) is 8.03. The number of aromatic nitrogens is 1. The van der Waals surface area contributed by atoms with Gasteiger partial charge in [-0.25, -0.2) is 4.98 Å². The molecule has 1 unspecified atom stereocenters. The molecule has 0 spiro atoms. The Morgan fingerprint density at radius 2 is 1.81 bits per heavy atom. The summed E-state index contributed by atoms with van der Waals surface area (Å²) in [5, 5.41) is 5.19. The van der Waals surface area contributed by atoms with Crippen molar-refractivity contribution in [3.63, 3.8) is 0 Å². The molecule has 1 atom stereocenters. The second-order valence-electron chi connectivity index (χ2n) is 8.03. The molecule has 6 nitrogen and oxygen atoms in total. The number of hydrogen-bond donors (Lipinski definition) is 2. The molecule has 3 N–H and O–H groups in total. The van der Waals surface area contributed by atoms with Crippen molar-refractivity contribution in [1.29, 1.82) is 0 Å². The van der Waals surface area contributed by atoms with Crippen LogP contribution in [0.25, 0.3) is 22.1 Å². The van der Waals surface area contributed by atoms with Crippen LogP contribution in [-0.4, -0.2) is 31.5 Å². The largest absolute Gasteiger partial charge is 0.438 e. The minimum Gasteiger partial charge on any atom is -0.438 e. The summed E-state index contributed by atoms with van der Waals surface area (Å²) in [6.07, 6.45) is 3.10. The van der Waals surface area contributed by atoms with Crippen LogP contribution in [0.15, 0.2) is 77.3 Å². The Kier molecular flexibility index (Phi) is 6.52. The Bertz CT molecular complexity index is 1200. The van der Waals surface area contributed by atoms with Gasteiger partial charge in [-0.3, -0.25) is 4.79 Å². The molecule has 0 aliphatic rings. The van der Waals surface area contributed by atoms with E-state index in [1.165, 1.54) is 0 Å². The number of carbonyl (C=O) groups excluding carboxylic acids is 1. The van der Waals surface area contributed by atoms with Crippen molar-refractivity contribution in [3.8, 4) is 11.3 Å². The summed E-state index contributed by atoms with van der Waals surface area (Å²) < 4.78 is 6.00. The first-order valence-corrected chi connectivity index (χ1v) is 10.8. The summed E-state index contributed by atoms with van der Waals surface area (Å²) in [6, 6.07) is 21.4. The van der Waals surface area contributed by atoms with Crippen LogP contribution in [0, 0.1) is 0 Å². The van der Waals surface area contributed by atoms with E-state index >= 15 is 0 Å². The van der Waals surface area contributed by atoms with Gasteiger partial charge in [0.05, 0.1) is 6.20 Å². The molecular formula is C26H28N4O2. The number of anilines is 1. The summed E-state index contributed by atoms with van der Waals surface area (Å²) in [6.45, 7) is 0.531. The maximum Gasteiger partial charge on any atom is 0.251 e. The summed E-state index contributed by atoms with van der Waals surface area (Å²) >= 11 is 0. The number of hydrogen-bond acceptors (Lipinski definition) is 5. The van der Waals surface area contributed by atoms with Gasteiger partial charge in [-0.2, -0.15) is 0 Å². The molecule has 164 valence electrons. The smallest absolute Gasteiger partial charge is 0.251 e. The fourth-order valence-corrected chi connectivity index (χ4v) is 3.66. The summed E-state index contributed by atoms with van der Waals surface area (Å²) in [7, 11) is 4.02. The lowest BCUT2D eigenvalue weighted by molar-refractivity contribution is 0.0927. The number of benzene rings is 3. The van der Waals surface area contributed by atoms with Crippen molar-refractivity contribution < 1.29 is 9.21 Å². The van der Waals surface area contributed by atoms with Crippen LogP contribution in [0.5, 0.6) is 0 Å². The Morgan fingerprint density at radius 1 is 1.06 bits per heavy atom. The van der Waals surface area contributed by atoms with E-state index < -0.39 is 0 Å². The van der Waals surface area contributed by atoms with E-state index in [4.69, 9.17) is 10.2 Å². The third kappa shape index (κ3) is 4.81. The number of rotatable bonds is 8. The number of carbonyl (C=O) groups is 1. The predicted molar refractivity (Wildman–Crippen MR) is 129 cm³/mol. The molecule has 4 aromatic rings. The van der Waals surface area contributed by atoms with Gasteiger partial charge >= 0.3 is 0 Å². The first-order valence-electron chi connectivity index (χ1n) is 10.8. The zero-order valence-electron chi connectivity index (χ0n) is 18.4. The predicted octanol–water partition coefficient (Wildman–Crippen LogP) is 4.77. The average molecular weight is 429 g/mol. The number of nitrogens with zero attached hydrogens (tertiary/aromatic N) is 2. The molecule has 0 aliphatic heterocycles. The van der Waals surface area contributed by atoms with E-state index in [2.05, 4.69) is 21.3 Å². The Hall–Kier alpha value is -3.64. The molecular weight excluding hydrogens is 400 g/mol. The molecule has 0 aliphatic carbocycles. The van der Waals surface area contributed by atoms with Crippen LogP contribution in [0.3, 0.4) is 0 Å². The Morgan fingerprint density at radius 3 is 2.56 bits per heavy atom. The van der Waals surface area contributed by atoms with Crippen molar-refractivity contribution in [1.82, 2.24) is 10.3 Å². The lowest BCUT2D eigenvalue weighted by atomic mass is 10.0. The standard InChI is InChI=1S/C26H28N4O2/c1-30(2)22-13-12-19-15-21(11-10-20(19)16-22)25(31)29-23(9-6-14-27)26-28-17-24(32-26)18-7-4-3-5-8-18/h3-5,7-8,10-13,15-17,23H,6,9,14,27H2,1-2H3,(H,29,31). The van der Waals surface area contributed by atoms with E-state index in [1.54, 1.807) is 6.20 Å². The third-order valence-corrected chi connectivity index (χ3v) is 5.48. The van der Waals surface area contributed by atoms with Gasteiger partial charge in [0.25, 0.3) is 5.91 Å². The van der Waals surface area contributed by atoms with E-state index in [1.807, 2.05) is 74.8 Å². The molecule has 0 saturated heterocycles. The molecule has 0 saturated carbocycles. The summed E-state index contributed by atoms with van der Waals surface area (Å²) in [4.78, 5) is 19.6. The van der Waals surface area contributed by atoms with Gasteiger partial charge in [0.1, 0.15) is 6.04 Å². The topological polar surface area (TPSA) is 84.4 Å². The first kappa shape index (κ1) is 21.6. The van der Waals surface area contributed by atoms with E-state index in [0.717, 1.165) is 28.4 Å². The van der Waals surface area contributed by atoms with Crippen molar-refractivity contribution >= 4 is 22.4 Å². The number of amides is 1. The average Bonchev–Trinajstić information content (AvgIpc) is 3.31. The van der Waals surface area contributed by atoms with Crippen molar-refractivity contribution in [3.05, 3.63) is 84.4 Å². The molecule has 4 rings (SSSR count). The van der Waals surface area contributed by atoms with Gasteiger partial charge in [0.2, 0.25) is 5.89 Å². The highest BCUT2D eigenvalue weighted by atomic mass is 16.4. The fraction of sp³-hybridized carbons (Fsp3) is 0.231. The van der Waals surface area contributed by atoms with Gasteiger partial charge < -0.3 is 20.4 Å². The number of fused-ring (bicyclic) bond motifs is 1. The molecule has 0 bridgehead atoms. The van der Waals surface area contributed by atoms with Gasteiger partial charge in [0, 0.05) is 30.9 Å². The highest BCUT2D eigenvalue weighted by molar-refractivity contribution is 5.99. The second kappa shape index (κ2) is 9.66. The van der Waals surface area contributed by atoms with Crippen LogP contribution in [0.4, 0.5) is 5.69 Å². The summed E-state index contributed by atoms with van der Waals surface area (Å²) in [5.74, 6) is 1.00. The Labute approximate surface area is 188 Å². The highest BCUT2D eigenvalue weighted by Crippen LogP contribution is 2.26. The summed E-state index contributed by atoms with van der Waals surface area (Å²) in [5.41, 5.74) is 8.39. The van der Waals surface area contributed by atoms with Gasteiger partial charge in [0.15, 0.2) is 5.76 Å². The van der Waals surface area contributed by atoms with Crippen LogP contribution >= 0.6 is 0 Å². The molecule has 1 heterocycles. The number of oxazole rings is 1. The van der Waals surface area contributed by atoms with Crippen molar-refractivity contribution in [2.45, 2.75) is 18.9 Å². The minimum absolute atomic E-state index is 0.162.